The predicted molar refractivity (Wildman–Crippen MR) is 150 cm³/mol. The Labute approximate surface area is 225 Å². The maximum atomic E-state index is 13.8. The smallest absolute Gasteiger partial charge is 0.237 e. The molecule has 0 spiro atoms. The van der Waals surface area contributed by atoms with Crippen LogP contribution in [0.1, 0.15) is 24.0 Å². The number of piperazine rings is 1. The molecule has 2 aromatic rings. The molecule has 1 amide bonds. The van der Waals surface area contributed by atoms with E-state index in [-0.39, 0.29) is 23.9 Å². The molecule has 10 nitrogen and oxygen atoms in total. The van der Waals surface area contributed by atoms with Crippen molar-refractivity contribution in [3.05, 3.63) is 71.8 Å². The van der Waals surface area contributed by atoms with E-state index in [1.807, 2.05) is 42.5 Å². The van der Waals surface area contributed by atoms with E-state index in [0.29, 0.717) is 39.0 Å². The Balaban J connectivity index is 1.71. The Morgan fingerprint density at radius 2 is 1.97 bits per heavy atom. The average Bonchev–Trinajstić information content (AvgIpc) is 2.94. The molecule has 0 saturated carbocycles. The Kier molecular flexibility index (Phi) is 10.7. The largest absolute Gasteiger partial charge is 0.508 e. The molecule has 2 aromatic carbocycles. The molecule has 0 aliphatic carbocycles. The van der Waals surface area contributed by atoms with Crippen LogP contribution in [-0.2, 0) is 16.0 Å². The molecule has 1 heterocycles. The Hall–Kier alpha value is -3.73. The molecular formula is C28H39N7O3. The third-order valence-electron chi connectivity index (χ3n) is 6.43. The number of guanidine groups is 1. The number of benzene rings is 2. The van der Waals surface area contributed by atoms with Crippen LogP contribution >= 0.6 is 0 Å². The van der Waals surface area contributed by atoms with Gasteiger partial charge in [0.15, 0.2) is 11.7 Å². The first-order chi connectivity index (χ1) is 18.9. The first kappa shape index (κ1) is 27.3. The number of phenols is 1. The molecule has 3 atom stereocenters. The fourth-order valence-electron chi connectivity index (χ4n) is 4.39. The van der Waals surface area contributed by atoms with Gasteiger partial charge in [-0.25, -0.2) is 0 Å². The summed E-state index contributed by atoms with van der Waals surface area (Å²) in [6.07, 6.45) is 5.16. The van der Waals surface area contributed by atoms with Gasteiger partial charge in [-0.1, -0.05) is 54.6 Å². The van der Waals surface area contributed by atoms with E-state index in [9.17, 15) is 14.7 Å². The minimum atomic E-state index is -0.878. The summed E-state index contributed by atoms with van der Waals surface area (Å²) < 4.78 is 7.71. The van der Waals surface area contributed by atoms with Gasteiger partial charge in [0.25, 0.3) is 0 Å². The summed E-state index contributed by atoms with van der Waals surface area (Å²) in [7, 11) is 0. The number of carbonyl (C=O) groups excluding carboxylic acids is 2. The second-order valence-electron chi connectivity index (χ2n) is 9.36. The molecule has 0 radical (unpaired) electrons. The molecule has 1 unspecified atom stereocenters. The lowest BCUT2D eigenvalue weighted by Crippen LogP contribution is -2.60. The number of nitrogens with two attached hydrogens (primary N) is 3. The minimum Gasteiger partial charge on any atom is -0.508 e. The molecule has 38 heavy (non-hydrogen) atoms. The first-order valence-electron chi connectivity index (χ1n) is 13.4. The van der Waals surface area contributed by atoms with E-state index in [1.54, 1.807) is 12.1 Å². The van der Waals surface area contributed by atoms with Crippen LogP contribution < -0.4 is 27.8 Å². The summed E-state index contributed by atoms with van der Waals surface area (Å²) in [5.74, 6) is -0.448. The van der Waals surface area contributed by atoms with Crippen molar-refractivity contribution in [1.29, 1.82) is 0 Å². The van der Waals surface area contributed by atoms with Crippen molar-refractivity contribution in [2.75, 3.05) is 32.7 Å². The summed E-state index contributed by atoms with van der Waals surface area (Å²) in [4.78, 5) is 33.1. The molecule has 0 aromatic heterocycles. The second-order valence-corrected chi connectivity index (χ2v) is 9.36. The van der Waals surface area contributed by atoms with Crippen molar-refractivity contribution in [1.82, 2.24) is 15.5 Å². The van der Waals surface area contributed by atoms with Crippen LogP contribution in [0.25, 0.3) is 6.08 Å². The Morgan fingerprint density at radius 3 is 2.68 bits per heavy atom. The number of Topliss-reactive ketones (excluding diaryl/α,β-unsaturated/α-hetero) is 1. The fraction of sp³-hybridized carbons (Fsp3) is 0.393. The maximum absolute atomic E-state index is 13.8. The van der Waals surface area contributed by atoms with Gasteiger partial charge >= 0.3 is 0 Å². The van der Waals surface area contributed by atoms with Gasteiger partial charge in [0, 0.05) is 32.7 Å². The van der Waals surface area contributed by atoms with Gasteiger partial charge in [0.05, 0.1) is 18.1 Å². The maximum Gasteiger partial charge on any atom is 0.237 e. The van der Waals surface area contributed by atoms with Gasteiger partial charge < -0.3 is 32.9 Å². The van der Waals surface area contributed by atoms with Gasteiger partial charge in [0.1, 0.15) is 7.16 Å². The number of hydrogen-bond acceptors (Lipinski definition) is 7. The van der Waals surface area contributed by atoms with Gasteiger partial charge in [-0.3, -0.25) is 19.5 Å². The van der Waals surface area contributed by atoms with E-state index in [4.69, 9.17) is 12.9 Å². The monoisotopic (exact) mass is 522 g/mol. The molecule has 204 valence electrons. The van der Waals surface area contributed by atoms with Crippen molar-refractivity contribution in [2.45, 2.75) is 37.4 Å². The number of ketones is 1. The SMILES string of the molecule is [2H]N[C@@H](Cc1ccc(O)cc1)C(=O)N[C@@H](CCCN=C(N)N)C(=O)C1CNCCN1CC=Cc1ccccc1. The van der Waals surface area contributed by atoms with Crippen LogP contribution in [0, 0.1) is 0 Å². The number of aromatic hydroxyl groups is 1. The lowest BCUT2D eigenvalue weighted by molar-refractivity contribution is -0.132. The van der Waals surface area contributed by atoms with Crippen molar-refractivity contribution < 1.29 is 16.1 Å². The zero-order valence-electron chi connectivity index (χ0n) is 22.6. The van der Waals surface area contributed by atoms with Crippen molar-refractivity contribution in [2.24, 2.45) is 22.2 Å². The van der Waals surface area contributed by atoms with Gasteiger partial charge in [-0.2, -0.15) is 0 Å². The van der Waals surface area contributed by atoms with E-state index in [1.165, 1.54) is 12.1 Å². The summed E-state index contributed by atoms with van der Waals surface area (Å²) >= 11 is 0. The standard InChI is InChI=1S/C28H39N7O3/c29-23(18-21-10-12-22(36)13-11-21)27(38)34-24(9-4-14-33-28(30)31)26(37)25-19-32-15-17-35(25)16-5-8-20-6-2-1-3-7-20/h1-3,5-8,10-13,23-25,32,36H,4,9,14-19,29H2,(H,34,38)(H4,30,31,33)/t23-,24-,25?/m0/s1/i/hD. The molecule has 9 N–H and O–H groups in total. The lowest BCUT2D eigenvalue weighted by atomic mass is 9.97. The molecule has 1 fully saturated rings. The van der Waals surface area contributed by atoms with E-state index < -0.39 is 24.0 Å². The van der Waals surface area contributed by atoms with E-state index >= 15 is 0 Å². The highest BCUT2D eigenvalue weighted by Gasteiger charge is 2.34. The molecule has 1 aliphatic heterocycles. The van der Waals surface area contributed by atoms with Crippen LogP contribution in [0.5, 0.6) is 5.75 Å². The van der Waals surface area contributed by atoms with Crippen molar-refractivity contribution in [3.63, 3.8) is 0 Å². The number of carbonyl (C=O) groups is 2. The number of phenolic OH excluding ortho intramolecular Hbond substituents is 1. The zero-order valence-corrected chi connectivity index (χ0v) is 21.6. The third-order valence-corrected chi connectivity index (χ3v) is 6.43. The highest BCUT2D eigenvalue weighted by atomic mass is 16.3. The van der Waals surface area contributed by atoms with Gasteiger partial charge in [0.2, 0.25) is 5.91 Å². The Morgan fingerprint density at radius 1 is 1.21 bits per heavy atom. The summed E-state index contributed by atoms with van der Waals surface area (Å²) in [5.41, 5.74) is 15.0. The van der Waals surface area contributed by atoms with Crippen LogP contribution in [0.2, 0.25) is 1.41 Å². The number of nitrogens with one attached hydrogen (secondary N) is 2. The quantitative estimate of drug-likeness (QED) is 0.117. The molecule has 1 saturated heterocycles. The second kappa shape index (κ2) is 14.9. The number of nitrogens with zero attached hydrogens (tertiary/aromatic N) is 2. The molecule has 0 bridgehead atoms. The van der Waals surface area contributed by atoms with Crippen LogP contribution in [-0.4, -0.2) is 78.5 Å². The summed E-state index contributed by atoms with van der Waals surface area (Å²) in [6, 6.07) is 14.3. The topological polar surface area (TPSA) is 172 Å². The van der Waals surface area contributed by atoms with E-state index in [2.05, 4.69) is 26.3 Å². The number of aliphatic imine (C=N–C) groups is 1. The third kappa shape index (κ3) is 9.29. The Bertz CT molecular complexity index is 1110. The van der Waals surface area contributed by atoms with Gasteiger partial charge in [-0.15, -0.1) is 0 Å². The highest BCUT2D eigenvalue weighted by molar-refractivity contribution is 5.94. The summed E-state index contributed by atoms with van der Waals surface area (Å²) in [5, 5.41) is 15.7. The zero-order chi connectivity index (χ0) is 28.0. The van der Waals surface area contributed by atoms with E-state index in [0.717, 1.165) is 17.7 Å². The number of hydrogen-bond donors (Lipinski definition) is 6. The van der Waals surface area contributed by atoms with Crippen LogP contribution in [0.15, 0.2) is 65.7 Å². The molecule has 3 rings (SSSR count). The normalized spacial score (nSPS) is 17.9. The van der Waals surface area contributed by atoms with Gasteiger partial charge in [-0.05, 0) is 42.5 Å². The molecular weight excluding hydrogens is 482 g/mol. The summed E-state index contributed by atoms with van der Waals surface area (Å²) in [6.45, 7) is 2.87. The van der Waals surface area contributed by atoms with Crippen LogP contribution in [0.3, 0.4) is 0 Å². The molecule has 1 aliphatic rings. The number of amides is 1. The predicted octanol–water partition coefficient (Wildman–Crippen LogP) is 0.357. The first-order valence-corrected chi connectivity index (χ1v) is 12.9. The number of rotatable bonds is 14. The lowest BCUT2D eigenvalue weighted by Gasteiger charge is -2.36. The van der Waals surface area contributed by atoms with Crippen molar-refractivity contribution in [3.8, 4) is 5.75 Å². The average molecular weight is 523 g/mol. The van der Waals surface area contributed by atoms with Crippen molar-refractivity contribution >= 4 is 23.7 Å². The molecule has 10 heteroatoms. The highest BCUT2D eigenvalue weighted by Crippen LogP contribution is 2.14. The fourth-order valence-corrected chi connectivity index (χ4v) is 4.39. The van der Waals surface area contributed by atoms with Crippen LogP contribution in [0.4, 0.5) is 0 Å². The minimum absolute atomic E-state index is 0.0258.